The maximum Gasteiger partial charge on any atom is 0.223 e. The number of carbonyl (C=O) groups excluding carboxylic acids is 1. The summed E-state index contributed by atoms with van der Waals surface area (Å²) in [5.74, 6) is 1.57. The van der Waals surface area contributed by atoms with Gasteiger partial charge < -0.3 is 14.2 Å². The van der Waals surface area contributed by atoms with Crippen molar-refractivity contribution in [3.8, 4) is 11.3 Å². The fourth-order valence-corrected chi connectivity index (χ4v) is 2.70. The third kappa shape index (κ3) is 3.99. The van der Waals surface area contributed by atoms with E-state index in [1.807, 2.05) is 17.0 Å². The van der Waals surface area contributed by atoms with Crippen molar-refractivity contribution in [1.29, 1.82) is 0 Å². The lowest BCUT2D eigenvalue weighted by Crippen LogP contribution is -2.47. The van der Waals surface area contributed by atoms with Crippen LogP contribution in [0.5, 0.6) is 0 Å². The Morgan fingerprint density at radius 2 is 1.87 bits per heavy atom. The quantitative estimate of drug-likeness (QED) is 0.869. The molecule has 0 bridgehead atoms. The van der Waals surface area contributed by atoms with Gasteiger partial charge in [-0.2, -0.15) is 0 Å². The number of rotatable bonds is 4. The number of piperazine rings is 1. The third-order valence-corrected chi connectivity index (χ3v) is 4.30. The van der Waals surface area contributed by atoms with Crippen molar-refractivity contribution in [2.24, 2.45) is 0 Å². The Hall–Kier alpha value is -2.14. The van der Waals surface area contributed by atoms with Crippen LogP contribution in [0.15, 0.2) is 34.9 Å². The van der Waals surface area contributed by atoms with E-state index in [2.05, 4.69) is 36.0 Å². The van der Waals surface area contributed by atoms with E-state index >= 15 is 0 Å². The van der Waals surface area contributed by atoms with E-state index in [9.17, 15) is 4.79 Å². The summed E-state index contributed by atoms with van der Waals surface area (Å²) >= 11 is 0. The van der Waals surface area contributed by atoms with Crippen LogP contribution >= 0.6 is 0 Å². The Morgan fingerprint density at radius 3 is 2.57 bits per heavy atom. The normalized spacial score (nSPS) is 15.8. The standard InChI is InChI=1S/C18H23N3O2/c1-14-3-5-15(6-4-14)16-13-19-17(23-16)7-8-18(22)21-11-9-20(2)10-12-21/h3-6,13H,7-12H2,1-2H3. The van der Waals surface area contributed by atoms with E-state index in [-0.39, 0.29) is 5.91 Å². The zero-order valence-electron chi connectivity index (χ0n) is 13.8. The van der Waals surface area contributed by atoms with Gasteiger partial charge in [-0.05, 0) is 14.0 Å². The van der Waals surface area contributed by atoms with Gasteiger partial charge in [-0.25, -0.2) is 4.98 Å². The highest BCUT2D eigenvalue weighted by molar-refractivity contribution is 5.76. The van der Waals surface area contributed by atoms with Gasteiger partial charge in [0.15, 0.2) is 11.7 Å². The molecule has 1 aliphatic heterocycles. The molecule has 5 heteroatoms. The molecule has 0 spiro atoms. The van der Waals surface area contributed by atoms with Gasteiger partial charge in [0.2, 0.25) is 5.91 Å². The molecule has 122 valence electrons. The minimum absolute atomic E-state index is 0.188. The number of benzene rings is 1. The molecule has 2 heterocycles. The Kier molecular flexibility index (Phi) is 4.76. The second kappa shape index (κ2) is 6.96. The molecule has 1 saturated heterocycles. The number of oxazole rings is 1. The topological polar surface area (TPSA) is 49.6 Å². The molecule has 1 amide bonds. The number of nitrogens with zero attached hydrogens (tertiary/aromatic N) is 3. The molecule has 2 aromatic rings. The largest absolute Gasteiger partial charge is 0.441 e. The van der Waals surface area contributed by atoms with Crippen molar-refractivity contribution < 1.29 is 9.21 Å². The average molecular weight is 313 g/mol. The van der Waals surface area contributed by atoms with E-state index in [0.717, 1.165) is 37.5 Å². The maximum atomic E-state index is 12.2. The SMILES string of the molecule is Cc1ccc(-c2cnc(CCC(=O)N3CCN(C)CC3)o2)cc1. The molecule has 23 heavy (non-hydrogen) atoms. The minimum Gasteiger partial charge on any atom is -0.441 e. The lowest BCUT2D eigenvalue weighted by atomic mass is 10.1. The molecule has 0 unspecified atom stereocenters. The first-order valence-corrected chi connectivity index (χ1v) is 8.10. The summed E-state index contributed by atoms with van der Waals surface area (Å²) < 4.78 is 5.77. The second-order valence-corrected chi connectivity index (χ2v) is 6.17. The van der Waals surface area contributed by atoms with Crippen molar-refractivity contribution in [2.75, 3.05) is 33.2 Å². The van der Waals surface area contributed by atoms with Crippen LogP contribution in [-0.4, -0.2) is 53.9 Å². The molecule has 1 aromatic heterocycles. The van der Waals surface area contributed by atoms with Gasteiger partial charge >= 0.3 is 0 Å². The summed E-state index contributed by atoms with van der Waals surface area (Å²) in [5, 5.41) is 0. The van der Waals surface area contributed by atoms with Crippen molar-refractivity contribution in [3.63, 3.8) is 0 Å². The fraction of sp³-hybridized carbons (Fsp3) is 0.444. The molecule has 0 radical (unpaired) electrons. The van der Waals surface area contributed by atoms with Crippen LogP contribution in [0, 0.1) is 6.92 Å². The van der Waals surface area contributed by atoms with Crippen LogP contribution in [0.2, 0.25) is 0 Å². The van der Waals surface area contributed by atoms with E-state index in [1.54, 1.807) is 6.20 Å². The molecule has 0 saturated carbocycles. The zero-order chi connectivity index (χ0) is 16.2. The van der Waals surface area contributed by atoms with E-state index in [0.29, 0.717) is 18.7 Å². The predicted octanol–water partition coefficient (Wildman–Crippen LogP) is 2.36. The second-order valence-electron chi connectivity index (χ2n) is 6.17. The Morgan fingerprint density at radius 1 is 1.17 bits per heavy atom. The molecule has 1 aliphatic rings. The summed E-state index contributed by atoms with van der Waals surface area (Å²) in [4.78, 5) is 20.7. The highest BCUT2D eigenvalue weighted by atomic mass is 16.4. The van der Waals surface area contributed by atoms with Gasteiger partial charge in [0, 0.05) is 44.6 Å². The fourth-order valence-electron chi connectivity index (χ4n) is 2.70. The number of aryl methyl sites for hydroxylation is 2. The van der Waals surface area contributed by atoms with Crippen LogP contribution in [0.25, 0.3) is 11.3 Å². The summed E-state index contributed by atoms with van der Waals surface area (Å²) in [6.45, 7) is 5.58. The Bertz CT molecular complexity index is 655. The number of hydrogen-bond donors (Lipinski definition) is 0. The Labute approximate surface area is 136 Å². The van der Waals surface area contributed by atoms with Crippen molar-refractivity contribution in [3.05, 3.63) is 41.9 Å². The molecule has 1 fully saturated rings. The van der Waals surface area contributed by atoms with Crippen molar-refractivity contribution >= 4 is 5.91 Å². The lowest BCUT2D eigenvalue weighted by Gasteiger charge is -2.32. The third-order valence-electron chi connectivity index (χ3n) is 4.30. The van der Waals surface area contributed by atoms with E-state index in [1.165, 1.54) is 5.56 Å². The molecule has 5 nitrogen and oxygen atoms in total. The van der Waals surface area contributed by atoms with Gasteiger partial charge in [-0.3, -0.25) is 4.79 Å². The van der Waals surface area contributed by atoms with Gasteiger partial charge in [-0.1, -0.05) is 29.8 Å². The van der Waals surface area contributed by atoms with Crippen LogP contribution in [-0.2, 0) is 11.2 Å². The van der Waals surface area contributed by atoms with E-state index in [4.69, 9.17) is 4.42 Å². The number of hydrogen-bond acceptors (Lipinski definition) is 4. The van der Waals surface area contributed by atoms with Gasteiger partial charge in [0.1, 0.15) is 0 Å². The summed E-state index contributed by atoms with van der Waals surface area (Å²) in [6.07, 6.45) is 2.74. The first-order valence-electron chi connectivity index (χ1n) is 8.10. The number of likely N-dealkylation sites (N-methyl/N-ethyl adjacent to an activating group) is 1. The van der Waals surface area contributed by atoms with Crippen molar-refractivity contribution in [2.45, 2.75) is 19.8 Å². The highest BCUT2D eigenvalue weighted by Crippen LogP contribution is 2.21. The molecule has 3 rings (SSSR count). The van der Waals surface area contributed by atoms with Gasteiger partial charge in [0.25, 0.3) is 0 Å². The molecule has 0 N–H and O–H groups in total. The van der Waals surface area contributed by atoms with Crippen molar-refractivity contribution in [1.82, 2.24) is 14.8 Å². The first-order chi connectivity index (χ1) is 11.1. The van der Waals surface area contributed by atoms with Crippen LogP contribution < -0.4 is 0 Å². The summed E-state index contributed by atoms with van der Waals surface area (Å²) in [7, 11) is 2.08. The van der Waals surface area contributed by atoms with Crippen LogP contribution in [0.3, 0.4) is 0 Å². The maximum absolute atomic E-state index is 12.2. The average Bonchev–Trinajstić information content (AvgIpc) is 3.03. The lowest BCUT2D eigenvalue weighted by molar-refractivity contribution is -0.132. The summed E-state index contributed by atoms with van der Waals surface area (Å²) in [5.41, 5.74) is 2.23. The van der Waals surface area contributed by atoms with E-state index < -0.39 is 0 Å². The molecule has 0 aliphatic carbocycles. The Balaban J connectivity index is 1.55. The highest BCUT2D eigenvalue weighted by Gasteiger charge is 2.19. The van der Waals surface area contributed by atoms with Gasteiger partial charge in [-0.15, -0.1) is 0 Å². The van der Waals surface area contributed by atoms with Crippen LogP contribution in [0.1, 0.15) is 17.9 Å². The smallest absolute Gasteiger partial charge is 0.223 e. The zero-order valence-corrected chi connectivity index (χ0v) is 13.8. The number of amides is 1. The van der Waals surface area contributed by atoms with Crippen LogP contribution in [0.4, 0.5) is 0 Å². The minimum atomic E-state index is 0.188. The molecule has 0 atom stereocenters. The molecular formula is C18H23N3O2. The molecule has 1 aromatic carbocycles. The number of aromatic nitrogens is 1. The molecular weight excluding hydrogens is 290 g/mol. The number of carbonyl (C=O) groups is 1. The first kappa shape index (κ1) is 15.7. The monoisotopic (exact) mass is 313 g/mol. The summed E-state index contributed by atoms with van der Waals surface area (Å²) in [6, 6.07) is 8.15. The van der Waals surface area contributed by atoms with Gasteiger partial charge in [0.05, 0.1) is 6.20 Å². The predicted molar refractivity (Wildman–Crippen MR) is 89.1 cm³/mol.